The van der Waals surface area contributed by atoms with Gasteiger partial charge in [0.15, 0.2) is 0 Å². The van der Waals surface area contributed by atoms with E-state index in [-0.39, 0.29) is 0 Å². The summed E-state index contributed by atoms with van der Waals surface area (Å²) in [5.41, 5.74) is 0. The Balaban J connectivity index is 2.32. The van der Waals surface area contributed by atoms with E-state index < -0.39 is 0 Å². The smallest absolute Gasteiger partial charge is 0.0855 e. The molecule has 96 valence electrons. The SMILES string of the molecule is CCN1CCOC(C(CCCOC)NC)C1. The zero-order valence-corrected chi connectivity index (χ0v) is 10.9. The highest BCUT2D eigenvalue weighted by Gasteiger charge is 2.25. The number of hydrogen-bond donors (Lipinski definition) is 1. The minimum absolute atomic E-state index is 0.329. The van der Waals surface area contributed by atoms with Gasteiger partial charge >= 0.3 is 0 Å². The van der Waals surface area contributed by atoms with Crippen LogP contribution in [0.25, 0.3) is 0 Å². The van der Waals surface area contributed by atoms with Gasteiger partial charge in [-0.05, 0) is 26.4 Å². The molecule has 16 heavy (non-hydrogen) atoms. The van der Waals surface area contributed by atoms with E-state index in [0.717, 1.165) is 45.7 Å². The number of hydrogen-bond acceptors (Lipinski definition) is 4. The first-order valence-electron chi connectivity index (χ1n) is 6.32. The van der Waals surface area contributed by atoms with Crippen molar-refractivity contribution in [2.45, 2.75) is 31.9 Å². The third kappa shape index (κ3) is 4.37. The second-order valence-corrected chi connectivity index (χ2v) is 4.33. The molecule has 1 N–H and O–H groups in total. The van der Waals surface area contributed by atoms with Gasteiger partial charge in [0.1, 0.15) is 0 Å². The van der Waals surface area contributed by atoms with Crippen molar-refractivity contribution in [3.8, 4) is 0 Å². The van der Waals surface area contributed by atoms with Gasteiger partial charge in [-0.15, -0.1) is 0 Å². The molecule has 1 aliphatic heterocycles. The fourth-order valence-electron chi connectivity index (χ4n) is 2.23. The predicted molar refractivity (Wildman–Crippen MR) is 65.8 cm³/mol. The third-order valence-electron chi connectivity index (χ3n) is 3.31. The molecule has 0 aromatic heterocycles. The Hall–Kier alpha value is -0.160. The molecule has 1 heterocycles. The maximum Gasteiger partial charge on any atom is 0.0855 e. The van der Waals surface area contributed by atoms with E-state index in [9.17, 15) is 0 Å². The van der Waals surface area contributed by atoms with Crippen molar-refractivity contribution >= 4 is 0 Å². The maximum atomic E-state index is 5.85. The van der Waals surface area contributed by atoms with Gasteiger partial charge in [-0.25, -0.2) is 0 Å². The molecule has 0 aromatic rings. The Kier molecular flexibility index (Phi) is 6.96. The zero-order chi connectivity index (χ0) is 11.8. The van der Waals surface area contributed by atoms with Gasteiger partial charge in [0.25, 0.3) is 0 Å². The topological polar surface area (TPSA) is 33.7 Å². The molecular weight excluding hydrogens is 204 g/mol. The van der Waals surface area contributed by atoms with Crippen LogP contribution in [0.5, 0.6) is 0 Å². The number of nitrogens with zero attached hydrogens (tertiary/aromatic N) is 1. The molecule has 1 aliphatic rings. The Bertz CT molecular complexity index is 178. The van der Waals surface area contributed by atoms with Crippen molar-refractivity contribution in [2.75, 3.05) is 47.0 Å². The number of ether oxygens (including phenoxy) is 2. The van der Waals surface area contributed by atoms with Gasteiger partial charge in [0.05, 0.1) is 12.7 Å². The van der Waals surface area contributed by atoms with Crippen LogP contribution < -0.4 is 5.32 Å². The summed E-state index contributed by atoms with van der Waals surface area (Å²) in [4.78, 5) is 2.45. The molecule has 1 saturated heterocycles. The Morgan fingerprint density at radius 3 is 3.00 bits per heavy atom. The minimum Gasteiger partial charge on any atom is -0.385 e. The standard InChI is InChI=1S/C12H26N2O2/c1-4-14-7-9-16-12(10-14)11(13-2)6-5-8-15-3/h11-13H,4-10H2,1-3H3. The molecule has 0 amide bonds. The summed E-state index contributed by atoms with van der Waals surface area (Å²) < 4.78 is 10.9. The van der Waals surface area contributed by atoms with Crippen molar-refractivity contribution in [1.82, 2.24) is 10.2 Å². The van der Waals surface area contributed by atoms with Crippen LogP contribution in [0.3, 0.4) is 0 Å². The first-order valence-corrected chi connectivity index (χ1v) is 6.32. The molecule has 4 nitrogen and oxygen atoms in total. The molecule has 2 unspecified atom stereocenters. The average molecular weight is 230 g/mol. The Morgan fingerprint density at radius 2 is 2.38 bits per heavy atom. The highest BCUT2D eigenvalue weighted by molar-refractivity contribution is 4.81. The summed E-state index contributed by atoms with van der Waals surface area (Å²) in [5, 5.41) is 3.37. The van der Waals surface area contributed by atoms with Crippen LogP contribution in [0, 0.1) is 0 Å². The van der Waals surface area contributed by atoms with Crippen LogP contribution in [0.15, 0.2) is 0 Å². The summed E-state index contributed by atoms with van der Waals surface area (Å²) in [6, 6.07) is 0.449. The van der Waals surface area contributed by atoms with E-state index in [4.69, 9.17) is 9.47 Å². The lowest BCUT2D eigenvalue weighted by Crippen LogP contribution is -2.51. The quantitative estimate of drug-likeness (QED) is 0.654. The second-order valence-electron chi connectivity index (χ2n) is 4.33. The minimum atomic E-state index is 0.329. The molecule has 1 rings (SSSR count). The van der Waals surface area contributed by atoms with E-state index in [0.29, 0.717) is 12.1 Å². The third-order valence-corrected chi connectivity index (χ3v) is 3.31. The molecule has 0 radical (unpaired) electrons. The first kappa shape index (κ1) is 13.9. The summed E-state index contributed by atoms with van der Waals surface area (Å²) in [6.45, 7) is 7.15. The Morgan fingerprint density at radius 1 is 1.56 bits per heavy atom. The molecule has 0 saturated carbocycles. The van der Waals surface area contributed by atoms with E-state index in [1.54, 1.807) is 7.11 Å². The van der Waals surface area contributed by atoms with Crippen molar-refractivity contribution in [3.05, 3.63) is 0 Å². The number of rotatable bonds is 7. The molecule has 4 heteroatoms. The highest BCUT2D eigenvalue weighted by atomic mass is 16.5. The van der Waals surface area contributed by atoms with Crippen molar-refractivity contribution in [1.29, 1.82) is 0 Å². The van der Waals surface area contributed by atoms with Crippen LogP contribution in [0.2, 0.25) is 0 Å². The first-order chi connectivity index (χ1) is 7.81. The molecular formula is C12H26N2O2. The maximum absolute atomic E-state index is 5.85. The normalized spacial score (nSPS) is 24.6. The summed E-state index contributed by atoms with van der Waals surface area (Å²) in [7, 11) is 3.77. The van der Waals surface area contributed by atoms with Gasteiger partial charge in [-0.1, -0.05) is 6.92 Å². The fourth-order valence-corrected chi connectivity index (χ4v) is 2.23. The lowest BCUT2D eigenvalue weighted by Gasteiger charge is -2.36. The number of nitrogens with one attached hydrogen (secondary N) is 1. The van der Waals surface area contributed by atoms with Gasteiger partial charge in [-0.3, -0.25) is 4.90 Å². The van der Waals surface area contributed by atoms with Crippen molar-refractivity contribution in [3.63, 3.8) is 0 Å². The summed E-state index contributed by atoms with van der Waals surface area (Å²) in [6.07, 6.45) is 2.54. The van der Waals surface area contributed by atoms with Gasteiger partial charge in [-0.2, -0.15) is 0 Å². The second kappa shape index (κ2) is 8.01. The van der Waals surface area contributed by atoms with Crippen LogP contribution in [-0.2, 0) is 9.47 Å². The van der Waals surface area contributed by atoms with Crippen LogP contribution in [-0.4, -0.2) is 64.1 Å². The van der Waals surface area contributed by atoms with Crippen LogP contribution >= 0.6 is 0 Å². The highest BCUT2D eigenvalue weighted by Crippen LogP contribution is 2.12. The average Bonchev–Trinajstić information content (AvgIpc) is 2.35. The molecule has 2 atom stereocenters. The van der Waals surface area contributed by atoms with E-state index >= 15 is 0 Å². The van der Waals surface area contributed by atoms with Gasteiger partial charge < -0.3 is 14.8 Å². The molecule has 1 fully saturated rings. The monoisotopic (exact) mass is 230 g/mol. The van der Waals surface area contributed by atoms with E-state index in [1.165, 1.54) is 0 Å². The number of morpholine rings is 1. The van der Waals surface area contributed by atoms with E-state index in [2.05, 4.69) is 17.1 Å². The number of likely N-dealkylation sites (N-methyl/N-ethyl adjacent to an activating group) is 2. The predicted octanol–water partition coefficient (Wildman–Crippen LogP) is 0.722. The van der Waals surface area contributed by atoms with Crippen molar-refractivity contribution in [2.24, 2.45) is 0 Å². The largest absolute Gasteiger partial charge is 0.385 e. The molecule has 0 aliphatic carbocycles. The van der Waals surface area contributed by atoms with Crippen molar-refractivity contribution < 1.29 is 9.47 Å². The van der Waals surface area contributed by atoms with E-state index in [1.807, 2.05) is 7.05 Å². The van der Waals surface area contributed by atoms with Gasteiger partial charge in [0, 0.05) is 32.8 Å². The zero-order valence-electron chi connectivity index (χ0n) is 10.9. The number of methoxy groups -OCH3 is 1. The lowest BCUT2D eigenvalue weighted by molar-refractivity contribution is -0.0459. The summed E-state index contributed by atoms with van der Waals surface area (Å²) >= 11 is 0. The lowest BCUT2D eigenvalue weighted by atomic mass is 10.0. The van der Waals surface area contributed by atoms with Gasteiger partial charge in [0.2, 0.25) is 0 Å². The molecule has 0 spiro atoms. The van der Waals surface area contributed by atoms with Crippen LogP contribution in [0.4, 0.5) is 0 Å². The molecule has 0 bridgehead atoms. The fraction of sp³-hybridized carbons (Fsp3) is 1.00. The Labute approximate surface area is 99.3 Å². The molecule has 0 aromatic carbocycles. The van der Waals surface area contributed by atoms with Crippen LogP contribution in [0.1, 0.15) is 19.8 Å². The summed E-state index contributed by atoms with van der Waals surface area (Å²) in [5.74, 6) is 0.